The fraction of sp³-hybridized carbons (Fsp3) is 0.706. The van der Waals surface area contributed by atoms with Crippen LogP contribution >= 0.6 is 0 Å². The Bertz CT molecular complexity index is 2810. The van der Waals surface area contributed by atoms with Crippen LogP contribution in [0.15, 0.2) is 47.9 Å². The van der Waals surface area contributed by atoms with Crippen LogP contribution in [0.1, 0.15) is 162 Å². The molecule has 0 spiro atoms. The molecule has 93 heavy (non-hydrogen) atoms. The van der Waals surface area contributed by atoms with Gasteiger partial charge in [0.15, 0.2) is 0 Å². The van der Waals surface area contributed by atoms with Crippen molar-refractivity contribution in [3.05, 3.63) is 47.9 Å². The SMILES string of the molecule is C=C=C=C(C[C@@H]1C(=O)N[C@H](CC)C(=O)N[C@H](C)C(=O)N(C)[C@@H](CC(C)C)C(=O)N(C)[C@@H](CC(C)C)C(=O)N(C)[C@H](C(C)C)C(=O)N(C)C(C[C@H](C)C/C=C/C)C(=O)NC(CC)C(=O)N(C)C(C(=O)O)C(=O)N(C)[C@@H](CC(C)(C)O)C(=O)NC(C(=C)C)C(=O)N1C)C(C)C. The molecule has 0 aromatic heterocycles. The van der Waals surface area contributed by atoms with Crippen LogP contribution in [0, 0.1) is 29.6 Å². The molecule has 1 heterocycles. The van der Waals surface area contributed by atoms with E-state index in [9.17, 15) is 53.4 Å². The highest BCUT2D eigenvalue weighted by atomic mass is 16.4. The number of likely N-dealkylation sites (N-methyl/N-ethyl adjacent to an activating group) is 7. The maximum Gasteiger partial charge on any atom is 0.336 e. The normalized spacial score (nSPS) is 25.8. The summed E-state index contributed by atoms with van der Waals surface area (Å²) in [6.45, 7) is 34.4. The number of nitrogens with zero attached hydrogens (tertiary/aromatic N) is 7. The van der Waals surface area contributed by atoms with Crippen LogP contribution in [-0.2, 0) is 57.5 Å². The smallest absolute Gasteiger partial charge is 0.336 e. The van der Waals surface area contributed by atoms with Gasteiger partial charge in [-0.25, -0.2) is 4.79 Å². The molecule has 1 saturated heterocycles. The number of hydrogen-bond acceptors (Lipinski definition) is 13. The number of allylic oxidation sites excluding steroid dienone is 2. The first-order valence-corrected chi connectivity index (χ1v) is 32.3. The predicted octanol–water partition coefficient (Wildman–Crippen LogP) is 4.04. The largest absolute Gasteiger partial charge is 0.479 e. The molecule has 0 radical (unpaired) electrons. The molecule has 1 fully saturated rings. The van der Waals surface area contributed by atoms with Crippen molar-refractivity contribution in [3.8, 4) is 0 Å². The van der Waals surface area contributed by atoms with Gasteiger partial charge in [0, 0.05) is 62.2 Å². The zero-order valence-electron chi connectivity index (χ0n) is 59.9. The van der Waals surface area contributed by atoms with E-state index in [2.05, 4.69) is 45.9 Å². The van der Waals surface area contributed by atoms with Gasteiger partial charge in [0.05, 0.1) is 5.60 Å². The van der Waals surface area contributed by atoms with Gasteiger partial charge in [-0.05, 0) is 120 Å². The van der Waals surface area contributed by atoms with Crippen LogP contribution in [0.2, 0.25) is 0 Å². The fourth-order valence-corrected chi connectivity index (χ4v) is 11.3. The number of carbonyl (C=O) groups excluding carboxylic acids is 11. The Hall–Kier alpha value is -7.62. The Labute approximate surface area is 553 Å². The highest BCUT2D eigenvalue weighted by molar-refractivity contribution is 6.06. The van der Waals surface area contributed by atoms with Crippen molar-refractivity contribution in [2.75, 3.05) is 49.3 Å². The van der Waals surface area contributed by atoms with Gasteiger partial charge < -0.3 is 65.8 Å². The molecule has 0 aromatic carbocycles. The lowest BCUT2D eigenvalue weighted by Gasteiger charge is -2.41. The van der Waals surface area contributed by atoms with Crippen molar-refractivity contribution in [1.82, 2.24) is 55.6 Å². The molecule has 1 aliphatic heterocycles. The molecule has 1 aliphatic rings. The van der Waals surface area contributed by atoms with Crippen molar-refractivity contribution >= 4 is 70.9 Å². The van der Waals surface area contributed by atoms with Crippen LogP contribution in [0.5, 0.6) is 0 Å². The van der Waals surface area contributed by atoms with Crippen molar-refractivity contribution < 1.29 is 67.7 Å². The van der Waals surface area contributed by atoms with E-state index in [1.54, 1.807) is 20.8 Å². The highest BCUT2D eigenvalue weighted by Crippen LogP contribution is 2.27. The first-order chi connectivity index (χ1) is 42.9. The predicted molar refractivity (Wildman–Crippen MR) is 356 cm³/mol. The van der Waals surface area contributed by atoms with E-state index in [1.165, 1.54) is 89.5 Å². The average Bonchev–Trinajstić information content (AvgIpc) is 0.874. The first kappa shape index (κ1) is 83.4. The Kier molecular flexibility index (Phi) is 33.5. The molecule has 0 aromatic rings. The summed E-state index contributed by atoms with van der Waals surface area (Å²) in [7, 11) is 9.11. The summed E-state index contributed by atoms with van der Waals surface area (Å²) in [6.07, 6.45) is 3.56. The monoisotopic (exact) mass is 1310 g/mol. The molecule has 12 atom stereocenters. The summed E-state index contributed by atoms with van der Waals surface area (Å²) in [6, 6.07) is -16.2. The topological polar surface area (TPSA) is 316 Å². The third kappa shape index (κ3) is 23.4. The Morgan fingerprint density at radius 1 is 0.581 bits per heavy atom. The van der Waals surface area contributed by atoms with Gasteiger partial charge >= 0.3 is 5.97 Å². The van der Waals surface area contributed by atoms with Crippen molar-refractivity contribution in [2.45, 2.75) is 234 Å². The summed E-state index contributed by atoms with van der Waals surface area (Å²) < 4.78 is 0. The quantitative estimate of drug-likeness (QED) is 0.0641. The van der Waals surface area contributed by atoms with Crippen molar-refractivity contribution in [3.63, 3.8) is 0 Å². The third-order valence-corrected chi connectivity index (χ3v) is 17.1. The minimum absolute atomic E-state index is 0.0204. The molecule has 4 unspecified atom stereocenters. The molecule has 1 rings (SSSR count). The maximum absolute atomic E-state index is 15.2. The Morgan fingerprint density at radius 2 is 1.03 bits per heavy atom. The minimum atomic E-state index is -2.35. The van der Waals surface area contributed by atoms with Crippen molar-refractivity contribution in [2.24, 2.45) is 29.6 Å². The van der Waals surface area contributed by atoms with E-state index < -0.39 is 155 Å². The van der Waals surface area contributed by atoms with E-state index in [0.717, 1.165) is 23.9 Å². The Morgan fingerprint density at radius 3 is 1.47 bits per heavy atom. The summed E-state index contributed by atoms with van der Waals surface area (Å²) in [5.74, 6) is -12.7. The summed E-state index contributed by atoms with van der Waals surface area (Å²) in [5.41, 5.74) is 4.27. The lowest BCUT2D eigenvalue weighted by molar-refractivity contribution is -0.160. The van der Waals surface area contributed by atoms with E-state index in [1.807, 2.05) is 67.5 Å². The molecular weight excluding hydrogens is 1190 g/mol. The number of aliphatic carboxylic acids is 1. The number of carboxylic acids is 1. The van der Waals surface area contributed by atoms with Crippen LogP contribution < -0.4 is 21.3 Å². The summed E-state index contributed by atoms with van der Waals surface area (Å²) in [4.78, 5) is 184. The number of amides is 11. The average molecular weight is 1310 g/mol. The minimum Gasteiger partial charge on any atom is -0.479 e. The van der Waals surface area contributed by atoms with Crippen LogP contribution in [0.25, 0.3) is 0 Å². The van der Waals surface area contributed by atoms with Gasteiger partial charge in [0.25, 0.3) is 5.91 Å². The summed E-state index contributed by atoms with van der Waals surface area (Å²) >= 11 is 0. The number of carboxylic acid groups (broad SMARTS) is 1. The number of rotatable bonds is 18. The van der Waals surface area contributed by atoms with E-state index in [4.69, 9.17) is 0 Å². The van der Waals surface area contributed by atoms with Crippen LogP contribution in [-0.4, -0.2) is 237 Å². The van der Waals surface area contributed by atoms with Crippen LogP contribution in [0.3, 0.4) is 0 Å². The van der Waals surface area contributed by atoms with Gasteiger partial charge in [-0.1, -0.05) is 106 Å². The second-order valence-corrected chi connectivity index (χ2v) is 27.2. The Balaban J connectivity index is 4.59. The number of nitrogens with one attached hydrogen (secondary N) is 4. The van der Waals surface area contributed by atoms with Crippen molar-refractivity contribution in [1.29, 1.82) is 0 Å². The standard InChI is InChI=1S/C68H113N11O14/c1-26-30-32-43(15)35-48-57(81)71-47(29-4)61(85)79(25)55(67(91)92)66(90)77(23)52(37-68(17,18)93)59(83)72-53(41(11)12)64(88)73(19)49(36-45(31-27-2)40(9)10)58(82)70-46(28-3)56(80)69-44(16)60(84)75(21)50(33-38(5)6)62(86)76(22)51(34-39(7)8)63(87)78(24)54(42(13)14)65(89)74(48)20/h26,30,38-40,42-44,46-55,93H,2,11,28-29,32-37H2,1,3-10,12-25H3,(H,69,80)(H,70,82)(H,71,81)(H,72,83)(H,91,92)/b30-26+/t43-,44-,46-,47?,48?,49-,50+,51+,52+,53?,54-,55?/m1/s1. The fourth-order valence-electron chi connectivity index (χ4n) is 11.3. The van der Waals surface area contributed by atoms with Gasteiger partial charge in [0.1, 0.15) is 60.4 Å². The molecule has 25 heteroatoms. The highest BCUT2D eigenvalue weighted by Gasteiger charge is 2.46. The first-order valence-electron chi connectivity index (χ1n) is 32.3. The molecule has 0 aliphatic carbocycles. The second kappa shape index (κ2) is 37.3. The zero-order chi connectivity index (χ0) is 72.2. The molecule has 11 amide bonds. The van der Waals surface area contributed by atoms with E-state index in [-0.39, 0.29) is 67.8 Å². The summed E-state index contributed by atoms with van der Waals surface area (Å²) in [5, 5.41) is 32.7. The second-order valence-electron chi connectivity index (χ2n) is 27.2. The van der Waals surface area contributed by atoms with Gasteiger partial charge in [-0.2, -0.15) is 0 Å². The molecular formula is C68H113N11O14. The molecule has 25 nitrogen and oxygen atoms in total. The third-order valence-electron chi connectivity index (χ3n) is 17.1. The number of hydrogen-bond donors (Lipinski definition) is 6. The lowest BCUT2D eigenvalue weighted by Crippen LogP contribution is -2.63. The van der Waals surface area contributed by atoms with Gasteiger partial charge in [-0.3, -0.25) is 52.7 Å². The number of carbonyl (C=O) groups is 12. The molecule has 524 valence electrons. The van der Waals surface area contributed by atoms with Crippen LogP contribution in [0.4, 0.5) is 0 Å². The zero-order valence-corrected chi connectivity index (χ0v) is 59.9. The molecule has 6 N–H and O–H groups in total. The molecule has 0 saturated carbocycles. The molecule has 0 bridgehead atoms. The van der Waals surface area contributed by atoms with E-state index in [0.29, 0.717) is 16.9 Å². The maximum atomic E-state index is 15.2. The van der Waals surface area contributed by atoms with Gasteiger partial charge in [-0.15, -0.1) is 0 Å². The number of aliphatic hydroxyl groups is 1. The van der Waals surface area contributed by atoms with Gasteiger partial charge in [0.2, 0.25) is 65.1 Å². The van der Waals surface area contributed by atoms with E-state index >= 15 is 14.4 Å². The lowest BCUT2D eigenvalue weighted by atomic mass is 9.93.